The van der Waals surface area contributed by atoms with Gasteiger partial charge in [-0.05, 0) is 36.0 Å². The second-order valence-electron chi connectivity index (χ2n) is 6.16. The molecule has 0 spiro atoms. The molecule has 0 atom stereocenters. The normalized spacial score (nSPS) is 19.6. The largest absolute Gasteiger partial charge is 0.207 e. The molecule has 0 saturated heterocycles. The second kappa shape index (κ2) is 4.28. The van der Waals surface area contributed by atoms with Crippen molar-refractivity contribution in [3.05, 3.63) is 34.6 Å². The van der Waals surface area contributed by atoms with Gasteiger partial charge in [0.25, 0.3) is 0 Å². The first-order valence-electron chi connectivity index (χ1n) is 6.32. The van der Waals surface area contributed by atoms with Crippen molar-refractivity contribution < 1.29 is 4.39 Å². The molecule has 17 heavy (non-hydrogen) atoms. The number of benzene rings is 1. The Kier molecular flexibility index (Phi) is 3.24. The molecule has 0 heterocycles. The Balaban J connectivity index is 2.54. The standard InChI is InChI=1S/C15H20ClF/c1-14(2,3)15(8-4-5-9-15)12-7-6-11(17)10-13(12)16/h6-7,10H,4-5,8-9H2,1-3H3. The van der Waals surface area contributed by atoms with Crippen LogP contribution in [0, 0.1) is 11.2 Å². The Morgan fingerprint density at radius 2 is 1.76 bits per heavy atom. The molecule has 2 rings (SSSR count). The number of hydrogen-bond acceptors (Lipinski definition) is 0. The molecule has 0 amide bonds. The molecule has 0 unspecified atom stereocenters. The van der Waals surface area contributed by atoms with Crippen LogP contribution >= 0.6 is 11.6 Å². The molecule has 0 aliphatic heterocycles. The molecule has 1 aliphatic rings. The first-order valence-corrected chi connectivity index (χ1v) is 6.70. The average Bonchev–Trinajstić information content (AvgIpc) is 2.66. The SMILES string of the molecule is CC(C)(C)C1(c2ccc(F)cc2Cl)CCCC1. The highest BCUT2D eigenvalue weighted by atomic mass is 35.5. The van der Waals surface area contributed by atoms with Gasteiger partial charge in [-0.2, -0.15) is 0 Å². The Morgan fingerprint density at radius 1 is 1.18 bits per heavy atom. The van der Waals surface area contributed by atoms with E-state index >= 15 is 0 Å². The molecular weight excluding hydrogens is 235 g/mol. The summed E-state index contributed by atoms with van der Waals surface area (Å²) in [5.74, 6) is -0.249. The molecule has 1 aromatic rings. The molecule has 2 heteroatoms. The van der Waals surface area contributed by atoms with Gasteiger partial charge in [0.1, 0.15) is 5.82 Å². The summed E-state index contributed by atoms with van der Waals surface area (Å²) in [6.07, 6.45) is 4.79. The summed E-state index contributed by atoms with van der Waals surface area (Å²) < 4.78 is 13.2. The third-order valence-corrected chi connectivity index (χ3v) is 4.65. The smallest absolute Gasteiger partial charge is 0.124 e. The molecule has 0 bridgehead atoms. The van der Waals surface area contributed by atoms with Gasteiger partial charge in [-0.15, -0.1) is 0 Å². The minimum Gasteiger partial charge on any atom is -0.207 e. The van der Waals surface area contributed by atoms with Gasteiger partial charge in [0, 0.05) is 10.4 Å². The second-order valence-corrected chi connectivity index (χ2v) is 6.57. The lowest BCUT2D eigenvalue weighted by Crippen LogP contribution is -2.37. The molecule has 0 nitrogen and oxygen atoms in total. The van der Waals surface area contributed by atoms with E-state index in [0.29, 0.717) is 5.02 Å². The van der Waals surface area contributed by atoms with Crippen LogP contribution in [0.15, 0.2) is 18.2 Å². The molecule has 0 radical (unpaired) electrons. The molecule has 94 valence electrons. The summed E-state index contributed by atoms with van der Waals surface area (Å²) in [6, 6.07) is 4.87. The van der Waals surface area contributed by atoms with Crippen molar-refractivity contribution in [3.63, 3.8) is 0 Å². The highest BCUT2D eigenvalue weighted by Crippen LogP contribution is 2.54. The van der Waals surface area contributed by atoms with Gasteiger partial charge in [0.05, 0.1) is 0 Å². The van der Waals surface area contributed by atoms with Crippen molar-refractivity contribution >= 4 is 11.6 Å². The van der Waals surface area contributed by atoms with E-state index in [9.17, 15) is 4.39 Å². The van der Waals surface area contributed by atoms with Crippen molar-refractivity contribution in [3.8, 4) is 0 Å². The van der Waals surface area contributed by atoms with Crippen molar-refractivity contribution in [1.82, 2.24) is 0 Å². The highest BCUT2D eigenvalue weighted by molar-refractivity contribution is 6.31. The van der Waals surface area contributed by atoms with E-state index in [1.807, 2.05) is 6.07 Å². The van der Waals surface area contributed by atoms with Gasteiger partial charge >= 0.3 is 0 Å². The molecule has 1 fully saturated rings. The summed E-state index contributed by atoms with van der Waals surface area (Å²) in [7, 11) is 0. The summed E-state index contributed by atoms with van der Waals surface area (Å²) in [5.41, 5.74) is 1.40. The quantitative estimate of drug-likeness (QED) is 0.635. The van der Waals surface area contributed by atoms with E-state index < -0.39 is 0 Å². The molecular formula is C15H20ClF. The van der Waals surface area contributed by atoms with E-state index in [-0.39, 0.29) is 16.6 Å². The van der Waals surface area contributed by atoms with Gasteiger partial charge in [0.2, 0.25) is 0 Å². The fraction of sp³-hybridized carbons (Fsp3) is 0.600. The molecule has 0 N–H and O–H groups in total. The predicted molar refractivity (Wildman–Crippen MR) is 71.0 cm³/mol. The fourth-order valence-electron chi connectivity index (χ4n) is 3.28. The van der Waals surface area contributed by atoms with Crippen molar-refractivity contribution in [2.45, 2.75) is 51.9 Å². The monoisotopic (exact) mass is 254 g/mol. The van der Waals surface area contributed by atoms with Crippen LogP contribution in [0.2, 0.25) is 5.02 Å². The Labute approximate surface area is 108 Å². The first kappa shape index (κ1) is 12.9. The van der Waals surface area contributed by atoms with Crippen LogP contribution in [0.25, 0.3) is 0 Å². The lowest BCUT2D eigenvalue weighted by molar-refractivity contribution is 0.187. The molecule has 0 aromatic heterocycles. The van der Waals surface area contributed by atoms with Crippen molar-refractivity contribution in [1.29, 1.82) is 0 Å². The van der Waals surface area contributed by atoms with E-state index in [2.05, 4.69) is 20.8 Å². The first-order chi connectivity index (χ1) is 7.87. The zero-order valence-corrected chi connectivity index (χ0v) is 11.6. The summed E-state index contributed by atoms with van der Waals surface area (Å²) in [4.78, 5) is 0. The molecule has 1 aliphatic carbocycles. The zero-order valence-electron chi connectivity index (χ0n) is 10.8. The van der Waals surface area contributed by atoms with E-state index in [1.165, 1.54) is 25.0 Å². The van der Waals surface area contributed by atoms with Crippen LogP contribution in [-0.2, 0) is 5.41 Å². The number of hydrogen-bond donors (Lipinski definition) is 0. The molecule has 1 saturated carbocycles. The summed E-state index contributed by atoms with van der Waals surface area (Å²) in [5, 5.41) is 0.585. The van der Waals surface area contributed by atoms with Gasteiger partial charge in [0.15, 0.2) is 0 Å². The van der Waals surface area contributed by atoms with Crippen LogP contribution in [-0.4, -0.2) is 0 Å². The van der Waals surface area contributed by atoms with Crippen molar-refractivity contribution in [2.24, 2.45) is 5.41 Å². The fourth-order valence-corrected chi connectivity index (χ4v) is 3.63. The maximum absolute atomic E-state index is 13.2. The molecule has 1 aromatic carbocycles. The van der Waals surface area contributed by atoms with E-state index in [0.717, 1.165) is 18.4 Å². The van der Waals surface area contributed by atoms with Gasteiger partial charge < -0.3 is 0 Å². The van der Waals surface area contributed by atoms with Gasteiger partial charge in [-0.25, -0.2) is 4.39 Å². The Hall–Kier alpha value is -0.560. The number of halogens is 2. The minimum absolute atomic E-state index is 0.109. The third kappa shape index (κ3) is 2.10. The highest BCUT2D eigenvalue weighted by Gasteiger charge is 2.46. The third-order valence-electron chi connectivity index (χ3n) is 4.34. The lowest BCUT2D eigenvalue weighted by Gasteiger charge is -2.43. The van der Waals surface area contributed by atoms with Gasteiger partial charge in [-0.1, -0.05) is 51.3 Å². The number of rotatable bonds is 1. The lowest BCUT2D eigenvalue weighted by atomic mass is 9.61. The minimum atomic E-state index is -0.249. The summed E-state index contributed by atoms with van der Waals surface area (Å²) >= 11 is 6.27. The zero-order chi connectivity index (χ0) is 12.7. The van der Waals surface area contributed by atoms with Crippen LogP contribution < -0.4 is 0 Å². The maximum Gasteiger partial charge on any atom is 0.124 e. The van der Waals surface area contributed by atoms with Gasteiger partial charge in [-0.3, -0.25) is 0 Å². The van der Waals surface area contributed by atoms with Crippen LogP contribution in [0.3, 0.4) is 0 Å². The predicted octanol–water partition coefficient (Wildman–Crippen LogP) is 5.34. The van der Waals surface area contributed by atoms with Crippen molar-refractivity contribution in [2.75, 3.05) is 0 Å². The van der Waals surface area contributed by atoms with Crippen LogP contribution in [0.4, 0.5) is 4.39 Å². The maximum atomic E-state index is 13.2. The Morgan fingerprint density at radius 3 is 2.24 bits per heavy atom. The topological polar surface area (TPSA) is 0 Å². The van der Waals surface area contributed by atoms with E-state index in [1.54, 1.807) is 0 Å². The average molecular weight is 255 g/mol. The Bertz CT molecular complexity index is 411. The van der Waals surface area contributed by atoms with Crippen LogP contribution in [0.5, 0.6) is 0 Å². The van der Waals surface area contributed by atoms with E-state index in [4.69, 9.17) is 11.6 Å². The van der Waals surface area contributed by atoms with Crippen LogP contribution in [0.1, 0.15) is 52.0 Å². The summed E-state index contributed by atoms with van der Waals surface area (Å²) in [6.45, 7) is 6.79.